The largest absolute Gasteiger partial charge is 0.394 e. The van der Waals surface area contributed by atoms with E-state index in [-0.39, 0.29) is 12.3 Å². The maximum atomic E-state index is 13.2. The molecule has 0 heterocycles. The lowest BCUT2D eigenvalue weighted by molar-refractivity contribution is -0.118. The highest BCUT2D eigenvalue weighted by Crippen LogP contribution is 2.24. The minimum atomic E-state index is -0.525. The van der Waals surface area contributed by atoms with E-state index in [1.807, 2.05) is 60.7 Å². The second-order valence-electron chi connectivity index (χ2n) is 7.06. The first-order valence-corrected chi connectivity index (χ1v) is 11.1. The van der Waals surface area contributed by atoms with Crippen molar-refractivity contribution < 1.29 is 14.7 Å². The molecule has 0 saturated carbocycles. The Bertz CT molecular complexity index is 1090. The number of carbonyl (C=O) groups is 2. The molecule has 3 aromatic rings. The summed E-state index contributed by atoms with van der Waals surface area (Å²) in [7, 11) is 0. The van der Waals surface area contributed by atoms with Crippen LogP contribution >= 0.6 is 27.5 Å². The van der Waals surface area contributed by atoms with Gasteiger partial charge in [-0.3, -0.25) is 9.59 Å². The fraction of sp³-hybridized carbons (Fsp3) is 0.120. The normalized spacial score (nSPS) is 12.5. The zero-order valence-electron chi connectivity index (χ0n) is 17.1. The van der Waals surface area contributed by atoms with E-state index < -0.39 is 17.9 Å². The number of hydrogen-bond donors (Lipinski definition) is 3. The van der Waals surface area contributed by atoms with Crippen molar-refractivity contribution in [2.45, 2.75) is 12.5 Å². The summed E-state index contributed by atoms with van der Waals surface area (Å²) in [6.07, 6.45) is 0.449. The zero-order chi connectivity index (χ0) is 22.9. The van der Waals surface area contributed by atoms with Crippen molar-refractivity contribution in [1.29, 1.82) is 0 Å². The smallest absolute Gasteiger partial charge is 0.269 e. The number of benzene rings is 3. The van der Waals surface area contributed by atoms with Gasteiger partial charge in [-0.2, -0.15) is 0 Å². The zero-order valence-corrected chi connectivity index (χ0v) is 19.4. The number of aliphatic hydroxyl groups excluding tert-OH is 1. The molecule has 2 amide bonds. The Kier molecular flexibility index (Phi) is 8.62. The molecule has 0 saturated heterocycles. The summed E-state index contributed by atoms with van der Waals surface area (Å²) >= 11 is 9.37. The van der Waals surface area contributed by atoms with Gasteiger partial charge in [-0.05, 0) is 57.7 Å². The Morgan fingerprint density at radius 2 is 1.47 bits per heavy atom. The Morgan fingerprint density at radius 1 is 0.875 bits per heavy atom. The van der Waals surface area contributed by atoms with Crippen LogP contribution in [0.25, 0.3) is 4.48 Å². The molecule has 0 aliphatic carbocycles. The van der Waals surface area contributed by atoms with Crippen LogP contribution in [0.2, 0.25) is 5.02 Å². The molecule has 32 heavy (non-hydrogen) atoms. The van der Waals surface area contributed by atoms with Crippen LogP contribution in [0.15, 0.2) is 90.6 Å². The third kappa shape index (κ3) is 6.53. The number of carbonyl (C=O) groups excluding carboxylic acids is 2. The van der Waals surface area contributed by atoms with E-state index in [9.17, 15) is 14.7 Å². The van der Waals surface area contributed by atoms with Gasteiger partial charge in [0.25, 0.3) is 11.8 Å². The summed E-state index contributed by atoms with van der Waals surface area (Å²) < 4.78 is 0.425. The molecule has 0 aliphatic rings. The number of halogens is 2. The Hall–Kier alpha value is -2.93. The molecule has 0 radical (unpaired) electrons. The van der Waals surface area contributed by atoms with E-state index >= 15 is 0 Å². The van der Waals surface area contributed by atoms with Crippen LogP contribution in [0.1, 0.15) is 21.5 Å². The predicted octanol–water partition coefficient (Wildman–Crippen LogP) is 4.55. The van der Waals surface area contributed by atoms with Crippen molar-refractivity contribution in [3.05, 3.63) is 112 Å². The second kappa shape index (κ2) is 11.6. The monoisotopic (exact) mass is 512 g/mol. The molecule has 0 spiro atoms. The minimum absolute atomic E-state index is 0.0441. The first kappa shape index (κ1) is 23.7. The van der Waals surface area contributed by atoms with Gasteiger partial charge in [0.2, 0.25) is 0 Å². The van der Waals surface area contributed by atoms with Gasteiger partial charge in [-0.25, -0.2) is 0 Å². The lowest BCUT2D eigenvalue weighted by Crippen LogP contribution is -2.43. The van der Waals surface area contributed by atoms with Crippen LogP contribution < -0.4 is 10.6 Å². The lowest BCUT2D eigenvalue weighted by Gasteiger charge is -2.19. The molecule has 0 aliphatic heterocycles. The van der Waals surface area contributed by atoms with Crippen molar-refractivity contribution in [3.63, 3.8) is 0 Å². The van der Waals surface area contributed by atoms with Crippen molar-refractivity contribution in [2.24, 2.45) is 0 Å². The van der Waals surface area contributed by atoms with Gasteiger partial charge in [0, 0.05) is 10.6 Å². The summed E-state index contributed by atoms with van der Waals surface area (Å²) in [4.78, 5) is 26.0. The average molecular weight is 514 g/mol. The molecular weight excluding hydrogens is 492 g/mol. The highest BCUT2D eigenvalue weighted by Gasteiger charge is 2.22. The molecule has 164 valence electrons. The van der Waals surface area contributed by atoms with Gasteiger partial charge in [-0.1, -0.05) is 72.3 Å². The Morgan fingerprint density at radius 3 is 2.06 bits per heavy atom. The summed E-state index contributed by atoms with van der Waals surface area (Å²) in [5, 5.41) is 15.8. The van der Waals surface area contributed by atoms with Gasteiger partial charge >= 0.3 is 0 Å². The molecule has 0 unspecified atom stereocenters. The Labute approximate surface area is 200 Å². The topological polar surface area (TPSA) is 78.4 Å². The van der Waals surface area contributed by atoms with Crippen molar-refractivity contribution in [2.75, 3.05) is 6.61 Å². The Balaban J connectivity index is 1.86. The maximum Gasteiger partial charge on any atom is 0.269 e. The van der Waals surface area contributed by atoms with Gasteiger partial charge in [0.1, 0.15) is 5.70 Å². The molecule has 0 bridgehead atoms. The van der Waals surface area contributed by atoms with Gasteiger partial charge in [-0.15, -0.1) is 0 Å². The van der Waals surface area contributed by atoms with Crippen LogP contribution in [0, 0.1) is 0 Å². The molecule has 0 fully saturated rings. The highest BCUT2D eigenvalue weighted by molar-refractivity contribution is 9.15. The predicted molar refractivity (Wildman–Crippen MR) is 130 cm³/mol. The number of hydrogen-bond acceptors (Lipinski definition) is 3. The van der Waals surface area contributed by atoms with Crippen molar-refractivity contribution in [1.82, 2.24) is 10.6 Å². The fourth-order valence-corrected chi connectivity index (χ4v) is 3.71. The number of rotatable bonds is 8. The second-order valence-corrected chi connectivity index (χ2v) is 8.29. The van der Waals surface area contributed by atoms with E-state index in [2.05, 4.69) is 26.6 Å². The number of aliphatic hydroxyl groups is 1. The lowest BCUT2D eigenvalue weighted by atomic mass is 10.1. The summed E-state index contributed by atoms with van der Waals surface area (Å²) in [5.41, 5.74) is 2.10. The summed E-state index contributed by atoms with van der Waals surface area (Å²) in [6, 6.07) is 24.6. The first-order chi connectivity index (χ1) is 15.5. The molecule has 0 aromatic heterocycles. The molecule has 5 nitrogen and oxygen atoms in total. The maximum absolute atomic E-state index is 13.2. The van der Waals surface area contributed by atoms with Crippen LogP contribution in [0.3, 0.4) is 0 Å². The van der Waals surface area contributed by atoms with E-state index in [0.717, 1.165) is 11.1 Å². The minimum Gasteiger partial charge on any atom is -0.394 e. The van der Waals surface area contributed by atoms with Crippen LogP contribution in [0.4, 0.5) is 0 Å². The van der Waals surface area contributed by atoms with Gasteiger partial charge in [0.15, 0.2) is 0 Å². The van der Waals surface area contributed by atoms with Crippen molar-refractivity contribution >= 4 is 43.8 Å². The molecule has 7 heteroatoms. The molecule has 3 rings (SSSR count). The van der Waals surface area contributed by atoms with Gasteiger partial charge < -0.3 is 15.7 Å². The first-order valence-electron chi connectivity index (χ1n) is 9.95. The fourth-order valence-electron chi connectivity index (χ4n) is 3.04. The van der Waals surface area contributed by atoms with Crippen LogP contribution in [-0.4, -0.2) is 29.6 Å². The van der Waals surface area contributed by atoms with Crippen molar-refractivity contribution in [3.8, 4) is 0 Å². The average Bonchev–Trinajstić information content (AvgIpc) is 2.83. The third-order valence-electron chi connectivity index (χ3n) is 4.70. The molecule has 1 atom stereocenters. The van der Waals surface area contributed by atoms with E-state index in [1.165, 1.54) is 0 Å². The highest BCUT2D eigenvalue weighted by atomic mass is 79.9. The van der Waals surface area contributed by atoms with Crippen LogP contribution in [-0.2, 0) is 11.2 Å². The van der Waals surface area contributed by atoms with Crippen LogP contribution in [0.5, 0.6) is 0 Å². The number of nitrogens with one attached hydrogen (secondary N) is 2. The molecule has 3 N–H and O–H groups in total. The summed E-state index contributed by atoms with van der Waals surface area (Å²) in [5.74, 6) is -0.971. The van der Waals surface area contributed by atoms with Gasteiger partial charge in [0.05, 0.1) is 17.1 Å². The van der Waals surface area contributed by atoms with E-state index in [4.69, 9.17) is 11.6 Å². The molecular formula is C25H22BrClN2O3. The third-order valence-corrected chi connectivity index (χ3v) is 5.81. The summed E-state index contributed by atoms with van der Waals surface area (Å²) in [6.45, 7) is -0.248. The SMILES string of the molecule is O=C(N[C@H](CO)Cc1ccccc1)/C(NC(=O)c1ccc(Cl)cc1)=C(/Br)c1ccccc1. The van der Waals surface area contributed by atoms with E-state index in [1.54, 1.807) is 24.3 Å². The molecule has 3 aromatic carbocycles. The standard InChI is InChI=1S/C25H22BrClN2O3/c26-22(18-9-5-2-6-10-18)23(29-24(31)19-11-13-20(27)14-12-19)25(32)28-21(16-30)15-17-7-3-1-4-8-17/h1-14,21,30H,15-16H2,(H,28,32)(H,29,31)/b23-22-/t21-/m0/s1. The number of amides is 2. The van der Waals surface area contributed by atoms with E-state index in [0.29, 0.717) is 21.5 Å². The quantitative estimate of drug-likeness (QED) is 0.387.